The van der Waals surface area contributed by atoms with Gasteiger partial charge in [0.25, 0.3) is 0 Å². The van der Waals surface area contributed by atoms with Gasteiger partial charge >= 0.3 is 129 Å². The Labute approximate surface area is 129 Å². The first-order chi connectivity index (χ1) is 10.0. The molecule has 1 heteroatoms. The van der Waals surface area contributed by atoms with Crippen LogP contribution in [0.15, 0.2) is 85.4 Å². The van der Waals surface area contributed by atoms with Crippen LogP contribution in [0, 0.1) is 0 Å². The first-order valence-electron chi connectivity index (χ1n) is 7.82. The molecule has 0 bridgehead atoms. The maximum atomic E-state index is 4.10. The molecule has 0 unspecified atom stereocenters. The Hall–Kier alpha value is -1.11. The van der Waals surface area contributed by atoms with Crippen LogP contribution in [-0.4, -0.2) is 0 Å². The van der Waals surface area contributed by atoms with Crippen LogP contribution in [0.5, 0.6) is 0 Å². The molecule has 1 aliphatic rings. The monoisotopic (exact) mass is 318 g/mol. The van der Waals surface area contributed by atoms with Gasteiger partial charge in [-0.15, -0.1) is 0 Å². The van der Waals surface area contributed by atoms with Crippen molar-refractivity contribution in [2.24, 2.45) is 0 Å². The zero-order valence-electron chi connectivity index (χ0n) is 13.4. The molecule has 21 heavy (non-hydrogen) atoms. The van der Waals surface area contributed by atoms with Gasteiger partial charge in [-0.25, -0.2) is 0 Å². The molecule has 0 N–H and O–H groups in total. The molecular formula is C20H30Ti. The molecule has 0 fully saturated rings. The molecule has 0 saturated heterocycles. The van der Waals surface area contributed by atoms with Crippen LogP contribution in [0.2, 0.25) is 23.6 Å². The van der Waals surface area contributed by atoms with Gasteiger partial charge in [-0.1, -0.05) is 0 Å². The second kappa shape index (κ2) is 6.34. The molecule has 0 heterocycles. The average Bonchev–Trinajstić information content (AvgIpc) is 2.96. The average molecular weight is 318 g/mol. The van der Waals surface area contributed by atoms with E-state index < -0.39 is 14.0 Å². The summed E-state index contributed by atoms with van der Waals surface area (Å²) >= 11 is -3.74. The van der Waals surface area contributed by atoms with Gasteiger partial charge in [-0.2, -0.15) is 0 Å². The van der Waals surface area contributed by atoms with E-state index in [1.807, 2.05) is 0 Å². The molecule has 0 amide bonds. The Morgan fingerprint density at radius 3 is 1.38 bits per heavy atom. The minimum atomic E-state index is -3.74. The van der Waals surface area contributed by atoms with Gasteiger partial charge in [-0.3, -0.25) is 0 Å². The van der Waals surface area contributed by atoms with Gasteiger partial charge in [0.2, 0.25) is 0 Å². The molecule has 0 spiro atoms. The number of hydrogen-bond acceptors (Lipinski definition) is 0. The summed E-state index contributed by atoms with van der Waals surface area (Å²) in [4.78, 5) is 0. The van der Waals surface area contributed by atoms with E-state index >= 15 is 0 Å². The van der Waals surface area contributed by atoms with E-state index in [0.717, 1.165) is 30.0 Å². The molecule has 0 saturated carbocycles. The van der Waals surface area contributed by atoms with E-state index in [1.54, 1.807) is 3.88 Å². The summed E-state index contributed by atoms with van der Waals surface area (Å²) in [7, 11) is 0. The van der Waals surface area contributed by atoms with Crippen molar-refractivity contribution >= 4 is 0 Å². The SMILES string of the molecule is C=C[CH2][Ti]([CH2]C=C)([CH2]C=C)([CH2]C=C)([CH2]C=C)[C]1=CC=CC1. The van der Waals surface area contributed by atoms with Crippen LogP contribution in [-0.2, 0) is 14.0 Å². The van der Waals surface area contributed by atoms with Crippen molar-refractivity contribution < 1.29 is 14.0 Å². The van der Waals surface area contributed by atoms with Crippen molar-refractivity contribution in [3.63, 3.8) is 0 Å². The quantitative estimate of drug-likeness (QED) is 0.282. The normalized spacial score (nSPS) is 17.2. The molecule has 0 nitrogen and oxygen atoms in total. The van der Waals surface area contributed by atoms with E-state index in [4.69, 9.17) is 0 Å². The van der Waals surface area contributed by atoms with Crippen molar-refractivity contribution in [3.05, 3.63) is 85.4 Å². The Bertz CT molecular complexity index is 445. The van der Waals surface area contributed by atoms with Gasteiger partial charge in [-0.05, 0) is 0 Å². The topological polar surface area (TPSA) is 0 Å². The Morgan fingerprint density at radius 2 is 1.14 bits per heavy atom. The number of allylic oxidation sites excluding steroid dienone is 9. The molecule has 0 aromatic carbocycles. The summed E-state index contributed by atoms with van der Waals surface area (Å²) in [5.41, 5.74) is 0. The van der Waals surface area contributed by atoms with Crippen LogP contribution in [0.4, 0.5) is 0 Å². The van der Waals surface area contributed by atoms with Crippen molar-refractivity contribution in [3.8, 4) is 0 Å². The third-order valence-corrected chi connectivity index (χ3v) is 23.0. The second-order valence-electron chi connectivity index (χ2n) is 7.17. The number of hydrogen-bond donors (Lipinski definition) is 0. The molecule has 0 aromatic heterocycles. The third-order valence-electron chi connectivity index (χ3n) is 6.03. The Morgan fingerprint density at radius 1 is 0.762 bits per heavy atom. The van der Waals surface area contributed by atoms with Crippen molar-refractivity contribution in [1.82, 2.24) is 0 Å². The molecule has 0 atom stereocenters. The van der Waals surface area contributed by atoms with Gasteiger partial charge in [0.15, 0.2) is 0 Å². The molecule has 0 aliphatic heterocycles. The number of rotatable bonds is 11. The van der Waals surface area contributed by atoms with Gasteiger partial charge in [0.1, 0.15) is 0 Å². The van der Waals surface area contributed by atoms with E-state index in [1.165, 1.54) is 0 Å². The van der Waals surface area contributed by atoms with Crippen LogP contribution in [0.1, 0.15) is 6.42 Å². The molecule has 0 radical (unpaired) electrons. The van der Waals surface area contributed by atoms with Gasteiger partial charge in [0.05, 0.1) is 0 Å². The summed E-state index contributed by atoms with van der Waals surface area (Å²) in [6, 6.07) is 0. The third kappa shape index (κ3) is 2.56. The zero-order chi connectivity index (χ0) is 15.9. The van der Waals surface area contributed by atoms with Crippen LogP contribution in [0.25, 0.3) is 0 Å². The summed E-state index contributed by atoms with van der Waals surface area (Å²) < 4.78 is 6.83. The van der Waals surface area contributed by atoms with Crippen LogP contribution in [0.3, 0.4) is 0 Å². The fraction of sp³-hybridized carbons (Fsp3) is 0.300. The second-order valence-corrected chi connectivity index (χ2v) is 21.9. The first kappa shape index (κ1) is 17.9. The standard InChI is InChI=1S/C5H5.5C3H5.Ti/c1-2-4-5-3-1;5*1-3-2;/h1-3H,4H2;5*3H,1-2H2;. The molecular weight excluding hydrogens is 288 g/mol. The van der Waals surface area contributed by atoms with Crippen molar-refractivity contribution in [2.45, 2.75) is 30.0 Å². The van der Waals surface area contributed by atoms with Crippen LogP contribution >= 0.6 is 0 Å². The van der Waals surface area contributed by atoms with Crippen LogP contribution < -0.4 is 0 Å². The predicted octanol–water partition coefficient (Wildman–Crippen LogP) is 7.08. The maximum absolute atomic E-state index is 4.10. The zero-order valence-corrected chi connectivity index (χ0v) is 15.0. The van der Waals surface area contributed by atoms with E-state index in [2.05, 4.69) is 81.5 Å². The predicted molar refractivity (Wildman–Crippen MR) is 96.9 cm³/mol. The summed E-state index contributed by atoms with van der Waals surface area (Å²) in [5, 5.41) is 0. The molecule has 0 aromatic rings. The first-order valence-corrected chi connectivity index (χ1v) is 14.1. The minimum absolute atomic E-state index is 1.04. The Balaban J connectivity index is 3.85. The fourth-order valence-electron chi connectivity index (χ4n) is 4.99. The fourth-order valence-corrected chi connectivity index (χ4v) is 19.5. The summed E-state index contributed by atoms with van der Waals surface area (Å²) in [6.45, 7) is 20.5. The van der Waals surface area contributed by atoms with Crippen molar-refractivity contribution in [1.29, 1.82) is 0 Å². The summed E-state index contributed by atoms with van der Waals surface area (Å²) in [6.07, 6.45) is 18.4. The van der Waals surface area contributed by atoms with Gasteiger partial charge in [0, 0.05) is 0 Å². The van der Waals surface area contributed by atoms with Crippen molar-refractivity contribution in [2.75, 3.05) is 0 Å². The van der Waals surface area contributed by atoms with E-state index in [-0.39, 0.29) is 0 Å². The van der Waals surface area contributed by atoms with Gasteiger partial charge < -0.3 is 0 Å². The molecule has 1 aliphatic carbocycles. The molecule has 114 valence electrons. The van der Waals surface area contributed by atoms with E-state index in [9.17, 15) is 0 Å². The Kier molecular flexibility index (Phi) is 5.42. The summed E-state index contributed by atoms with van der Waals surface area (Å²) in [5.74, 6) is 0. The van der Waals surface area contributed by atoms with E-state index in [0.29, 0.717) is 0 Å². The molecule has 1 rings (SSSR count).